The van der Waals surface area contributed by atoms with E-state index in [9.17, 15) is 14.7 Å². The average molecular weight is 327 g/mol. The molecule has 0 aliphatic carbocycles. The van der Waals surface area contributed by atoms with Crippen molar-refractivity contribution in [1.82, 2.24) is 4.98 Å². The SMILES string of the molecule is CCSc1cncc(C(=O)Nc2ccc(C#N)cc2C(=O)O)c1. The minimum Gasteiger partial charge on any atom is -0.478 e. The van der Waals surface area contributed by atoms with Gasteiger partial charge in [-0.05, 0) is 30.0 Å². The van der Waals surface area contributed by atoms with Crippen molar-refractivity contribution in [3.05, 3.63) is 53.3 Å². The zero-order valence-corrected chi connectivity index (χ0v) is 13.1. The van der Waals surface area contributed by atoms with E-state index in [2.05, 4.69) is 10.3 Å². The molecule has 0 fully saturated rings. The van der Waals surface area contributed by atoms with E-state index in [-0.39, 0.29) is 16.8 Å². The molecule has 23 heavy (non-hydrogen) atoms. The van der Waals surface area contributed by atoms with Gasteiger partial charge in [-0.25, -0.2) is 4.79 Å². The Labute approximate surface area is 137 Å². The van der Waals surface area contributed by atoms with Crippen LogP contribution in [0, 0.1) is 11.3 Å². The highest BCUT2D eigenvalue weighted by atomic mass is 32.2. The first-order valence-electron chi connectivity index (χ1n) is 6.71. The topological polar surface area (TPSA) is 103 Å². The summed E-state index contributed by atoms with van der Waals surface area (Å²) in [5, 5.41) is 20.6. The Bertz CT molecular complexity index is 799. The van der Waals surface area contributed by atoms with Crippen LogP contribution in [0.2, 0.25) is 0 Å². The summed E-state index contributed by atoms with van der Waals surface area (Å²) in [6.45, 7) is 1.99. The fourth-order valence-corrected chi connectivity index (χ4v) is 2.56. The number of carboxylic acids is 1. The fraction of sp³-hybridized carbons (Fsp3) is 0.125. The number of nitriles is 1. The number of anilines is 1. The monoisotopic (exact) mass is 327 g/mol. The molecule has 0 radical (unpaired) electrons. The van der Waals surface area contributed by atoms with Crippen molar-refractivity contribution in [2.75, 3.05) is 11.1 Å². The zero-order chi connectivity index (χ0) is 16.8. The first kappa shape index (κ1) is 16.5. The van der Waals surface area contributed by atoms with E-state index < -0.39 is 11.9 Å². The number of carboxylic acid groups (broad SMARTS) is 1. The van der Waals surface area contributed by atoms with Crippen molar-refractivity contribution < 1.29 is 14.7 Å². The third kappa shape index (κ3) is 4.08. The molecule has 6 nitrogen and oxygen atoms in total. The minimum atomic E-state index is -1.22. The van der Waals surface area contributed by atoms with Gasteiger partial charge < -0.3 is 10.4 Å². The Hall–Kier alpha value is -2.85. The number of hydrogen-bond acceptors (Lipinski definition) is 5. The standard InChI is InChI=1S/C16H13N3O3S/c1-2-23-12-6-11(8-18-9-12)15(20)19-14-4-3-10(7-17)5-13(14)16(21)22/h3-6,8-9H,2H2,1H3,(H,19,20)(H,21,22). The first-order valence-corrected chi connectivity index (χ1v) is 7.70. The molecular formula is C16H13N3O3S. The van der Waals surface area contributed by atoms with Gasteiger partial charge in [0.05, 0.1) is 28.4 Å². The van der Waals surface area contributed by atoms with Gasteiger partial charge in [-0.3, -0.25) is 9.78 Å². The lowest BCUT2D eigenvalue weighted by Gasteiger charge is -2.09. The molecule has 0 spiro atoms. The van der Waals surface area contributed by atoms with Crippen molar-refractivity contribution in [2.45, 2.75) is 11.8 Å². The third-order valence-electron chi connectivity index (χ3n) is 2.91. The van der Waals surface area contributed by atoms with Crippen molar-refractivity contribution >= 4 is 29.3 Å². The molecule has 0 atom stereocenters. The van der Waals surface area contributed by atoms with E-state index >= 15 is 0 Å². The van der Waals surface area contributed by atoms with E-state index in [0.29, 0.717) is 5.56 Å². The van der Waals surface area contributed by atoms with Crippen LogP contribution in [0.4, 0.5) is 5.69 Å². The number of nitrogens with zero attached hydrogens (tertiary/aromatic N) is 2. The number of hydrogen-bond donors (Lipinski definition) is 2. The Kier molecular flexibility index (Phi) is 5.33. The molecule has 0 bridgehead atoms. The molecule has 1 heterocycles. The Morgan fingerprint density at radius 2 is 2.13 bits per heavy atom. The molecule has 7 heteroatoms. The number of pyridine rings is 1. The van der Waals surface area contributed by atoms with Gasteiger partial charge in [0.1, 0.15) is 0 Å². The van der Waals surface area contributed by atoms with Crippen LogP contribution in [0.5, 0.6) is 0 Å². The molecule has 0 unspecified atom stereocenters. The first-order chi connectivity index (χ1) is 11.0. The van der Waals surface area contributed by atoms with Gasteiger partial charge in [0.25, 0.3) is 5.91 Å². The number of thioether (sulfide) groups is 1. The maximum atomic E-state index is 12.3. The van der Waals surface area contributed by atoms with Crippen molar-refractivity contribution in [1.29, 1.82) is 5.26 Å². The molecule has 1 aromatic heterocycles. The molecule has 116 valence electrons. The highest BCUT2D eigenvalue weighted by molar-refractivity contribution is 7.99. The molecule has 2 rings (SSSR count). The third-order valence-corrected chi connectivity index (χ3v) is 3.76. The predicted molar refractivity (Wildman–Crippen MR) is 86.7 cm³/mol. The summed E-state index contributed by atoms with van der Waals surface area (Å²) in [7, 11) is 0. The molecule has 1 amide bonds. The van der Waals surface area contributed by atoms with Gasteiger partial charge in [0.2, 0.25) is 0 Å². The number of rotatable bonds is 5. The van der Waals surface area contributed by atoms with Crippen LogP contribution >= 0.6 is 11.8 Å². The summed E-state index contributed by atoms with van der Waals surface area (Å²) in [5.74, 6) is -0.819. The summed E-state index contributed by atoms with van der Waals surface area (Å²) in [6.07, 6.45) is 3.08. The molecule has 2 N–H and O–H groups in total. The molecule has 2 aromatic rings. The van der Waals surface area contributed by atoms with Crippen molar-refractivity contribution in [3.63, 3.8) is 0 Å². The van der Waals surface area contributed by atoms with Crippen LogP contribution < -0.4 is 5.32 Å². The molecule has 0 saturated heterocycles. The summed E-state index contributed by atoms with van der Waals surface area (Å²) >= 11 is 1.55. The van der Waals surface area contributed by atoms with E-state index in [1.54, 1.807) is 24.0 Å². The Morgan fingerprint density at radius 1 is 1.35 bits per heavy atom. The summed E-state index contributed by atoms with van der Waals surface area (Å²) < 4.78 is 0. The number of carbonyl (C=O) groups is 2. The number of aromatic nitrogens is 1. The smallest absolute Gasteiger partial charge is 0.337 e. The maximum absolute atomic E-state index is 12.3. The second kappa shape index (κ2) is 7.42. The van der Waals surface area contributed by atoms with E-state index in [4.69, 9.17) is 5.26 Å². The van der Waals surface area contributed by atoms with Gasteiger partial charge in [-0.2, -0.15) is 5.26 Å². The molecular weight excluding hydrogens is 314 g/mol. The van der Waals surface area contributed by atoms with Gasteiger partial charge in [-0.1, -0.05) is 6.92 Å². The predicted octanol–water partition coefficient (Wildman–Crippen LogP) is 3.02. The molecule has 1 aromatic carbocycles. The summed E-state index contributed by atoms with van der Waals surface area (Å²) in [6, 6.07) is 7.63. The van der Waals surface area contributed by atoms with Crippen molar-refractivity contribution in [3.8, 4) is 6.07 Å². The minimum absolute atomic E-state index is 0.134. The number of nitrogens with one attached hydrogen (secondary N) is 1. The number of amides is 1. The lowest BCUT2D eigenvalue weighted by molar-refractivity contribution is 0.0698. The number of benzene rings is 1. The van der Waals surface area contributed by atoms with Gasteiger partial charge >= 0.3 is 5.97 Å². The summed E-state index contributed by atoms with van der Waals surface area (Å²) in [5.41, 5.74) is 0.548. The van der Waals surface area contributed by atoms with Crippen LogP contribution in [-0.2, 0) is 0 Å². The van der Waals surface area contributed by atoms with Crippen LogP contribution in [0.25, 0.3) is 0 Å². The van der Waals surface area contributed by atoms with Crippen molar-refractivity contribution in [2.24, 2.45) is 0 Å². The second-order valence-corrected chi connectivity index (χ2v) is 5.81. The van der Waals surface area contributed by atoms with Crippen LogP contribution in [0.1, 0.15) is 33.2 Å². The fourth-order valence-electron chi connectivity index (χ4n) is 1.88. The van der Waals surface area contributed by atoms with Crippen LogP contribution in [0.3, 0.4) is 0 Å². The normalized spacial score (nSPS) is 9.91. The second-order valence-electron chi connectivity index (χ2n) is 4.47. The van der Waals surface area contributed by atoms with Gasteiger partial charge in [0.15, 0.2) is 0 Å². The van der Waals surface area contributed by atoms with Crippen LogP contribution in [-0.4, -0.2) is 27.7 Å². The van der Waals surface area contributed by atoms with E-state index in [0.717, 1.165) is 10.6 Å². The largest absolute Gasteiger partial charge is 0.478 e. The quantitative estimate of drug-likeness (QED) is 0.818. The number of aromatic carboxylic acids is 1. The lowest BCUT2D eigenvalue weighted by Crippen LogP contribution is -2.15. The highest BCUT2D eigenvalue weighted by Crippen LogP contribution is 2.20. The molecule has 0 aliphatic heterocycles. The Balaban J connectivity index is 2.28. The lowest BCUT2D eigenvalue weighted by atomic mass is 10.1. The van der Waals surface area contributed by atoms with Gasteiger partial charge in [0, 0.05) is 17.3 Å². The van der Waals surface area contributed by atoms with Crippen LogP contribution in [0.15, 0.2) is 41.6 Å². The zero-order valence-electron chi connectivity index (χ0n) is 12.2. The summed E-state index contributed by atoms with van der Waals surface area (Å²) in [4.78, 5) is 28.4. The van der Waals surface area contributed by atoms with Gasteiger partial charge in [-0.15, -0.1) is 11.8 Å². The van der Waals surface area contributed by atoms with E-state index in [1.807, 2.05) is 13.0 Å². The highest BCUT2D eigenvalue weighted by Gasteiger charge is 2.15. The number of carbonyl (C=O) groups excluding carboxylic acids is 1. The Morgan fingerprint density at radius 3 is 2.78 bits per heavy atom. The maximum Gasteiger partial charge on any atom is 0.337 e. The average Bonchev–Trinajstić information content (AvgIpc) is 2.55. The molecule has 0 aliphatic rings. The molecule has 0 saturated carbocycles. The van der Waals surface area contributed by atoms with E-state index in [1.165, 1.54) is 24.4 Å².